The molecule has 0 aliphatic heterocycles. The van der Waals surface area contributed by atoms with Gasteiger partial charge in [-0.25, -0.2) is 8.42 Å². The monoisotopic (exact) mass is 343 g/mol. The van der Waals surface area contributed by atoms with Crippen molar-refractivity contribution in [3.63, 3.8) is 0 Å². The molecule has 3 aromatic rings. The number of aromatic nitrogens is 1. The minimum atomic E-state index is -3.25. The molecule has 0 saturated heterocycles. The van der Waals surface area contributed by atoms with E-state index >= 15 is 0 Å². The Hall–Kier alpha value is -2.60. The lowest BCUT2D eigenvalue weighted by atomic mass is 10.1. The molecule has 1 N–H and O–H groups in total. The predicted octanol–water partition coefficient (Wildman–Crippen LogP) is 3.22. The van der Waals surface area contributed by atoms with Crippen LogP contribution in [-0.4, -0.2) is 31.5 Å². The molecule has 1 atom stereocenters. The standard InChI is InChI=1S/C18H17NO4S/c1-12(23-13-7-9-14(10-8-13)24(2,21)22)18(20)16-11-19-17-6-4-3-5-15(16)17/h3-12,19H,1-2H3. The number of rotatable bonds is 5. The summed E-state index contributed by atoms with van der Waals surface area (Å²) in [6.45, 7) is 1.68. The molecule has 0 bridgehead atoms. The number of fused-ring (bicyclic) bond motifs is 1. The Morgan fingerprint density at radius 1 is 1.08 bits per heavy atom. The second-order valence-corrected chi connectivity index (χ2v) is 7.63. The SMILES string of the molecule is CC(Oc1ccc(S(C)(=O)=O)cc1)C(=O)c1c[nH]c2ccccc12. The summed E-state index contributed by atoms with van der Waals surface area (Å²) in [5.41, 5.74) is 1.47. The molecule has 1 unspecified atom stereocenters. The number of hydrogen-bond donors (Lipinski definition) is 1. The van der Waals surface area contributed by atoms with Crippen molar-refractivity contribution >= 4 is 26.5 Å². The van der Waals surface area contributed by atoms with E-state index in [-0.39, 0.29) is 10.7 Å². The van der Waals surface area contributed by atoms with E-state index in [4.69, 9.17) is 4.74 Å². The van der Waals surface area contributed by atoms with Crippen molar-refractivity contribution in [3.8, 4) is 5.75 Å². The highest BCUT2D eigenvalue weighted by Gasteiger charge is 2.20. The second kappa shape index (κ2) is 6.13. The van der Waals surface area contributed by atoms with Crippen LogP contribution in [0.1, 0.15) is 17.3 Å². The highest BCUT2D eigenvalue weighted by atomic mass is 32.2. The zero-order valence-corrected chi connectivity index (χ0v) is 14.1. The lowest BCUT2D eigenvalue weighted by Gasteiger charge is -2.13. The Morgan fingerprint density at radius 2 is 1.75 bits per heavy atom. The summed E-state index contributed by atoms with van der Waals surface area (Å²) in [7, 11) is -3.25. The molecule has 124 valence electrons. The van der Waals surface area contributed by atoms with Gasteiger partial charge in [0.25, 0.3) is 0 Å². The first-order chi connectivity index (χ1) is 11.4. The number of ketones is 1. The molecule has 0 saturated carbocycles. The van der Waals surface area contributed by atoms with Gasteiger partial charge >= 0.3 is 0 Å². The molecule has 1 heterocycles. The fourth-order valence-corrected chi connectivity index (χ4v) is 3.15. The minimum absolute atomic E-state index is 0.139. The summed E-state index contributed by atoms with van der Waals surface area (Å²) in [6, 6.07) is 13.6. The molecule has 6 heteroatoms. The van der Waals surface area contributed by atoms with Crippen molar-refractivity contribution in [3.05, 3.63) is 60.3 Å². The van der Waals surface area contributed by atoms with Crippen LogP contribution >= 0.6 is 0 Å². The van der Waals surface area contributed by atoms with E-state index in [9.17, 15) is 13.2 Å². The molecule has 0 aliphatic rings. The summed E-state index contributed by atoms with van der Waals surface area (Å²) in [5.74, 6) is 0.308. The topological polar surface area (TPSA) is 76.2 Å². The molecule has 24 heavy (non-hydrogen) atoms. The molecule has 5 nitrogen and oxygen atoms in total. The molecule has 3 rings (SSSR count). The van der Waals surface area contributed by atoms with Crippen molar-refractivity contribution < 1.29 is 17.9 Å². The smallest absolute Gasteiger partial charge is 0.205 e. The van der Waals surface area contributed by atoms with Gasteiger partial charge in [0.05, 0.1) is 4.90 Å². The Balaban J connectivity index is 1.79. The molecular formula is C18H17NO4S. The summed E-state index contributed by atoms with van der Waals surface area (Å²) in [5, 5.41) is 0.852. The first-order valence-electron chi connectivity index (χ1n) is 7.43. The number of carbonyl (C=O) groups excluding carboxylic acids is 1. The molecule has 0 aliphatic carbocycles. The fraction of sp³-hybridized carbons (Fsp3) is 0.167. The number of H-pyrrole nitrogens is 1. The Labute approximate surface area is 140 Å². The van der Waals surface area contributed by atoms with Gasteiger partial charge in [0.1, 0.15) is 5.75 Å². The van der Waals surface area contributed by atoms with E-state index in [0.717, 1.165) is 17.2 Å². The van der Waals surface area contributed by atoms with Crippen LogP contribution in [0.3, 0.4) is 0 Å². The van der Waals surface area contributed by atoms with Crippen LogP contribution in [0.4, 0.5) is 0 Å². The van der Waals surface area contributed by atoms with Gasteiger partial charge in [-0.05, 0) is 37.3 Å². The number of Topliss-reactive ketones (excluding diaryl/α,β-unsaturated/α-hetero) is 1. The fourth-order valence-electron chi connectivity index (χ4n) is 2.52. The third-order valence-electron chi connectivity index (χ3n) is 3.79. The number of aromatic amines is 1. The van der Waals surface area contributed by atoms with E-state index in [1.807, 2.05) is 24.3 Å². The van der Waals surface area contributed by atoms with Crippen LogP contribution in [0.2, 0.25) is 0 Å². The van der Waals surface area contributed by atoms with Crippen LogP contribution in [-0.2, 0) is 9.84 Å². The first-order valence-corrected chi connectivity index (χ1v) is 9.32. The van der Waals surface area contributed by atoms with Gasteiger partial charge in [0.15, 0.2) is 15.9 Å². The maximum absolute atomic E-state index is 12.6. The molecule has 0 radical (unpaired) electrons. The van der Waals surface area contributed by atoms with E-state index in [2.05, 4.69) is 4.98 Å². The van der Waals surface area contributed by atoms with Crippen molar-refractivity contribution in [2.24, 2.45) is 0 Å². The van der Waals surface area contributed by atoms with E-state index in [1.165, 1.54) is 12.1 Å². The van der Waals surface area contributed by atoms with Crippen LogP contribution in [0.25, 0.3) is 10.9 Å². The van der Waals surface area contributed by atoms with Gasteiger partial charge in [-0.3, -0.25) is 4.79 Å². The van der Waals surface area contributed by atoms with Crippen molar-refractivity contribution in [2.75, 3.05) is 6.26 Å². The van der Waals surface area contributed by atoms with Gasteiger partial charge in [-0.2, -0.15) is 0 Å². The van der Waals surface area contributed by atoms with Gasteiger partial charge < -0.3 is 9.72 Å². The molecule has 1 aromatic heterocycles. The van der Waals surface area contributed by atoms with Crippen LogP contribution in [0, 0.1) is 0 Å². The number of ether oxygens (including phenoxy) is 1. The number of hydrogen-bond acceptors (Lipinski definition) is 4. The number of carbonyl (C=O) groups is 1. The second-order valence-electron chi connectivity index (χ2n) is 5.62. The third-order valence-corrected chi connectivity index (χ3v) is 4.92. The molecule has 0 fully saturated rings. The maximum atomic E-state index is 12.6. The number of nitrogens with one attached hydrogen (secondary N) is 1. The molecular weight excluding hydrogens is 326 g/mol. The first kappa shape index (κ1) is 16.3. The summed E-state index contributed by atoms with van der Waals surface area (Å²) in [6.07, 6.45) is 2.14. The Bertz CT molecular complexity index is 987. The molecule has 0 amide bonds. The summed E-state index contributed by atoms with van der Waals surface area (Å²) < 4.78 is 28.6. The van der Waals surface area contributed by atoms with E-state index in [1.54, 1.807) is 25.3 Å². The lowest BCUT2D eigenvalue weighted by Crippen LogP contribution is -2.23. The average Bonchev–Trinajstić information content (AvgIpc) is 2.97. The van der Waals surface area contributed by atoms with Crippen LogP contribution in [0.15, 0.2) is 59.6 Å². The van der Waals surface area contributed by atoms with Gasteiger partial charge in [0.2, 0.25) is 5.78 Å². The minimum Gasteiger partial charge on any atom is -0.483 e. The van der Waals surface area contributed by atoms with Crippen molar-refractivity contribution in [1.82, 2.24) is 4.98 Å². The quantitative estimate of drug-likeness (QED) is 0.722. The zero-order chi connectivity index (χ0) is 17.3. The van der Waals surface area contributed by atoms with Crippen LogP contribution < -0.4 is 4.74 Å². The van der Waals surface area contributed by atoms with E-state index < -0.39 is 15.9 Å². The third kappa shape index (κ3) is 3.19. The number of para-hydroxylation sites is 1. The van der Waals surface area contributed by atoms with Crippen LogP contribution in [0.5, 0.6) is 5.75 Å². The predicted molar refractivity (Wildman–Crippen MR) is 92.3 cm³/mol. The van der Waals surface area contributed by atoms with Crippen molar-refractivity contribution in [2.45, 2.75) is 17.9 Å². The van der Waals surface area contributed by atoms with Gasteiger partial charge in [-0.1, -0.05) is 18.2 Å². The van der Waals surface area contributed by atoms with Crippen molar-refractivity contribution in [1.29, 1.82) is 0 Å². The van der Waals surface area contributed by atoms with E-state index in [0.29, 0.717) is 11.3 Å². The van der Waals surface area contributed by atoms with Gasteiger partial charge in [-0.15, -0.1) is 0 Å². The molecule has 2 aromatic carbocycles. The number of sulfone groups is 1. The number of benzene rings is 2. The normalized spacial score (nSPS) is 12.9. The lowest BCUT2D eigenvalue weighted by molar-refractivity contribution is 0.0820. The Kier molecular flexibility index (Phi) is 4.15. The highest BCUT2D eigenvalue weighted by Crippen LogP contribution is 2.22. The summed E-state index contributed by atoms with van der Waals surface area (Å²) in [4.78, 5) is 15.9. The highest BCUT2D eigenvalue weighted by molar-refractivity contribution is 7.90. The molecule has 0 spiro atoms. The van der Waals surface area contributed by atoms with Gasteiger partial charge in [0, 0.05) is 28.9 Å². The maximum Gasteiger partial charge on any atom is 0.205 e. The Morgan fingerprint density at radius 3 is 2.42 bits per heavy atom. The average molecular weight is 343 g/mol. The zero-order valence-electron chi connectivity index (χ0n) is 13.3. The largest absolute Gasteiger partial charge is 0.483 e. The summed E-state index contributed by atoms with van der Waals surface area (Å²) >= 11 is 0.